The Bertz CT molecular complexity index is 813. The third-order valence-corrected chi connectivity index (χ3v) is 4.41. The van der Waals surface area contributed by atoms with Gasteiger partial charge in [-0.1, -0.05) is 42.5 Å². The van der Waals surface area contributed by atoms with Crippen LogP contribution in [0, 0.1) is 12.7 Å². The highest BCUT2D eigenvalue weighted by molar-refractivity contribution is 9.10. The summed E-state index contributed by atoms with van der Waals surface area (Å²) in [6, 6.07) is 17.0. The van der Waals surface area contributed by atoms with Gasteiger partial charge < -0.3 is 5.73 Å². The topological polar surface area (TPSA) is 26.0 Å². The maximum absolute atomic E-state index is 13.4. The zero-order valence-electron chi connectivity index (χ0n) is 11.6. The second kappa shape index (κ2) is 5.58. The quantitative estimate of drug-likeness (QED) is 0.688. The number of halogens is 2. The first kappa shape index (κ1) is 14.2. The minimum Gasteiger partial charge on any atom is -0.320 e. The van der Waals surface area contributed by atoms with Gasteiger partial charge in [-0.05, 0) is 62.4 Å². The first-order valence-electron chi connectivity index (χ1n) is 6.76. The second-order valence-electron chi connectivity index (χ2n) is 5.17. The zero-order valence-corrected chi connectivity index (χ0v) is 13.2. The maximum Gasteiger partial charge on any atom is 0.137 e. The molecule has 0 fully saturated rings. The summed E-state index contributed by atoms with van der Waals surface area (Å²) in [5.74, 6) is -0.277. The number of rotatable bonds is 2. The molecule has 0 radical (unpaired) electrons. The lowest BCUT2D eigenvalue weighted by Crippen LogP contribution is -2.14. The van der Waals surface area contributed by atoms with E-state index in [4.69, 9.17) is 5.73 Å². The molecule has 2 N–H and O–H groups in total. The van der Waals surface area contributed by atoms with Crippen LogP contribution < -0.4 is 5.73 Å². The van der Waals surface area contributed by atoms with Crippen molar-refractivity contribution in [1.82, 2.24) is 0 Å². The fraction of sp³-hybridized carbons (Fsp3) is 0.111. The van der Waals surface area contributed by atoms with Crippen molar-refractivity contribution in [3.8, 4) is 0 Å². The molecule has 0 amide bonds. The van der Waals surface area contributed by atoms with Crippen LogP contribution >= 0.6 is 15.9 Å². The van der Waals surface area contributed by atoms with Crippen molar-refractivity contribution in [2.75, 3.05) is 0 Å². The van der Waals surface area contributed by atoms with Crippen LogP contribution in [0.5, 0.6) is 0 Å². The number of aryl methyl sites for hydroxylation is 1. The van der Waals surface area contributed by atoms with Gasteiger partial charge in [-0.2, -0.15) is 0 Å². The smallest absolute Gasteiger partial charge is 0.137 e. The van der Waals surface area contributed by atoms with E-state index in [0.29, 0.717) is 4.47 Å². The van der Waals surface area contributed by atoms with Gasteiger partial charge in [0.25, 0.3) is 0 Å². The Labute approximate surface area is 131 Å². The van der Waals surface area contributed by atoms with Crippen molar-refractivity contribution in [2.45, 2.75) is 13.0 Å². The van der Waals surface area contributed by atoms with Gasteiger partial charge in [0.15, 0.2) is 0 Å². The van der Waals surface area contributed by atoms with Crippen molar-refractivity contribution in [3.63, 3.8) is 0 Å². The van der Waals surface area contributed by atoms with Crippen LogP contribution in [0.25, 0.3) is 10.8 Å². The van der Waals surface area contributed by atoms with Crippen molar-refractivity contribution < 1.29 is 4.39 Å². The number of fused-ring (bicyclic) bond motifs is 1. The Morgan fingerprint density at radius 2 is 1.81 bits per heavy atom. The average Bonchev–Trinajstić information content (AvgIpc) is 2.49. The fourth-order valence-corrected chi connectivity index (χ4v) is 3.09. The standard InChI is InChI=1S/C18H15BrFN/c1-11-6-7-12-4-2-3-5-14(12)17(11)18(21)13-8-9-16(20)15(19)10-13/h2-10,18H,21H2,1H3. The van der Waals surface area contributed by atoms with Gasteiger partial charge >= 0.3 is 0 Å². The summed E-state index contributed by atoms with van der Waals surface area (Å²) in [5.41, 5.74) is 9.58. The molecule has 3 rings (SSSR count). The molecule has 0 aliphatic carbocycles. The van der Waals surface area contributed by atoms with Crippen LogP contribution in [0.1, 0.15) is 22.7 Å². The molecule has 0 aromatic heterocycles. The Balaban J connectivity index is 2.19. The molecule has 0 saturated heterocycles. The summed E-state index contributed by atoms with van der Waals surface area (Å²) >= 11 is 3.22. The Kier molecular flexibility index (Phi) is 3.79. The molecule has 3 heteroatoms. The highest BCUT2D eigenvalue weighted by atomic mass is 79.9. The third-order valence-electron chi connectivity index (χ3n) is 3.80. The fourth-order valence-electron chi connectivity index (χ4n) is 2.69. The zero-order chi connectivity index (χ0) is 15.0. The maximum atomic E-state index is 13.4. The van der Waals surface area contributed by atoms with Gasteiger partial charge in [0.2, 0.25) is 0 Å². The summed E-state index contributed by atoms with van der Waals surface area (Å²) in [7, 11) is 0. The van der Waals surface area contributed by atoms with Crippen LogP contribution in [0.4, 0.5) is 4.39 Å². The van der Waals surface area contributed by atoms with Crippen molar-refractivity contribution in [3.05, 3.63) is 81.6 Å². The lowest BCUT2D eigenvalue weighted by Gasteiger charge is -2.18. The van der Waals surface area contributed by atoms with Gasteiger partial charge in [-0.25, -0.2) is 4.39 Å². The Morgan fingerprint density at radius 1 is 1.05 bits per heavy atom. The van der Waals surface area contributed by atoms with Crippen LogP contribution in [-0.2, 0) is 0 Å². The predicted octanol–water partition coefficient (Wildman–Crippen LogP) is 5.10. The van der Waals surface area contributed by atoms with Gasteiger partial charge in [0.1, 0.15) is 5.82 Å². The summed E-state index contributed by atoms with van der Waals surface area (Å²) < 4.78 is 13.8. The van der Waals surface area contributed by atoms with E-state index < -0.39 is 0 Å². The van der Waals surface area contributed by atoms with Crippen molar-refractivity contribution in [1.29, 1.82) is 0 Å². The summed E-state index contributed by atoms with van der Waals surface area (Å²) in [4.78, 5) is 0. The number of nitrogens with two attached hydrogens (primary N) is 1. The molecule has 1 unspecified atom stereocenters. The van der Waals surface area contributed by atoms with E-state index >= 15 is 0 Å². The number of benzene rings is 3. The largest absolute Gasteiger partial charge is 0.320 e. The minimum absolute atomic E-state index is 0.277. The predicted molar refractivity (Wildman–Crippen MR) is 88.8 cm³/mol. The Morgan fingerprint density at radius 3 is 2.57 bits per heavy atom. The first-order valence-corrected chi connectivity index (χ1v) is 7.56. The highest BCUT2D eigenvalue weighted by Crippen LogP contribution is 2.31. The van der Waals surface area contributed by atoms with E-state index in [9.17, 15) is 4.39 Å². The van der Waals surface area contributed by atoms with E-state index in [-0.39, 0.29) is 11.9 Å². The van der Waals surface area contributed by atoms with Crippen LogP contribution in [0.15, 0.2) is 59.1 Å². The lowest BCUT2D eigenvalue weighted by atomic mass is 9.91. The van der Waals surface area contributed by atoms with Crippen molar-refractivity contribution in [2.24, 2.45) is 5.73 Å². The van der Waals surface area contributed by atoms with Gasteiger partial charge in [0, 0.05) is 0 Å². The van der Waals surface area contributed by atoms with E-state index in [1.54, 1.807) is 12.1 Å². The number of hydrogen-bond donors (Lipinski definition) is 1. The average molecular weight is 344 g/mol. The van der Waals surface area contributed by atoms with Gasteiger partial charge in [-0.15, -0.1) is 0 Å². The first-order chi connectivity index (χ1) is 10.1. The molecule has 0 spiro atoms. The normalized spacial score (nSPS) is 12.6. The van der Waals surface area contributed by atoms with Crippen LogP contribution in [-0.4, -0.2) is 0 Å². The monoisotopic (exact) mass is 343 g/mol. The molecular weight excluding hydrogens is 329 g/mol. The van der Waals surface area contributed by atoms with Crippen LogP contribution in [0.3, 0.4) is 0 Å². The lowest BCUT2D eigenvalue weighted by molar-refractivity contribution is 0.619. The second-order valence-corrected chi connectivity index (χ2v) is 6.02. The molecule has 1 nitrogen and oxygen atoms in total. The highest BCUT2D eigenvalue weighted by Gasteiger charge is 2.16. The number of hydrogen-bond acceptors (Lipinski definition) is 1. The summed E-state index contributed by atoms with van der Waals surface area (Å²) in [5, 5.41) is 2.31. The molecule has 3 aromatic carbocycles. The van der Waals surface area contributed by atoms with E-state index in [1.807, 2.05) is 12.1 Å². The summed E-state index contributed by atoms with van der Waals surface area (Å²) in [6.07, 6.45) is 0. The third kappa shape index (κ3) is 2.59. The van der Waals surface area contributed by atoms with E-state index in [1.165, 1.54) is 6.07 Å². The van der Waals surface area contributed by atoms with Gasteiger partial charge in [-0.3, -0.25) is 0 Å². The molecule has 21 heavy (non-hydrogen) atoms. The van der Waals surface area contributed by atoms with Crippen LogP contribution in [0.2, 0.25) is 0 Å². The van der Waals surface area contributed by atoms with Gasteiger partial charge in [0.05, 0.1) is 10.5 Å². The molecule has 0 aliphatic heterocycles. The minimum atomic E-state index is -0.284. The molecule has 0 aliphatic rings. The molecule has 1 atom stereocenters. The SMILES string of the molecule is Cc1ccc2ccccc2c1C(N)c1ccc(F)c(Br)c1. The van der Waals surface area contributed by atoms with E-state index in [0.717, 1.165) is 27.5 Å². The Hall–Kier alpha value is -1.71. The molecule has 0 bridgehead atoms. The molecular formula is C18H15BrFN. The molecule has 106 valence electrons. The molecule has 0 saturated carbocycles. The van der Waals surface area contributed by atoms with E-state index in [2.05, 4.69) is 47.1 Å². The molecule has 3 aromatic rings. The summed E-state index contributed by atoms with van der Waals surface area (Å²) in [6.45, 7) is 2.06. The van der Waals surface area contributed by atoms with Crippen molar-refractivity contribution >= 4 is 26.7 Å². The molecule has 0 heterocycles.